The predicted molar refractivity (Wildman–Crippen MR) is 66.1 cm³/mol. The van der Waals surface area contributed by atoms with Gasteiger partial charge >= 0.3 is 12.0 Å². The second-order valence-corrected chi connectivity index (χ2v) is 5.67. The number of hydrogen-bond acceptors (Lipinski definition) is 3. The van der Waals surface area contributed by atoms with Crippen molar-refractivity contribution in [1.29, 1.82) is 0 Å². The van der Waals surface area contributed by atoms with Crippen LogP contribution in [0.5, 0.6) is 0 Å². The van der Waals surface area contributed by atoms with Crippen LogP contribution in [0.1, 0.15) is 26.2 Å². The molecule has 2 rings (SSSR count). The molecule has 2 saturated heterocycles. The van der Waals surface area contributed by atoms with Crippen LogP contribution in [-0.2, 0) is 4.79 Å². The van der Waals surface area contributed by atoms with E-state index in [-0.39, 0.29) is 12.1 Å². The lowest BCUT2D eigenvalue weighted by Crippen LogP contribution is -2.52. The van der Waals surface area contributed by atoms with E-state index in [0.29, 0.717) is 32.6 Å². The third-order valence-electron chi connectivity index (χ3n) is 3.98. The number of nitrogens with two attached hydrogens (primary N) is 1. The minimum atomic E-state index is -0.821. The number of amides is 2. The molecule has 2 atom stereocenters. The second kappa shape index (κ2) is 4.76. The Morgan fingerprint density at radius 1 is 1.33 bits per heavy atom. The van der Waals surface area contributed by atoms with Gasteiger partial charge in [-0.1, -0.05) is 0 Å². The van der Waals surface area contributed by atoms with Gasteiger partial charge in [0.15, 0.2) is 0 Å². The first kappa shape index (κ1) is 13.1. The van der Waals surface area contributed by atoms with Crippen molar-refractivity contribution in [2.24, 2.45) is 11.1 Å². The first-order chi connectivity index (χ1) is 8.42. The van der Waals surface area contributed by atoms with Crippen LogP contribution in [0.25, 0.3) is 0 Å². The lowest BCUT2D eigenvalue weighted by Gasteiger charge is -2.39. The number of nitrogens with zero attached hydrogens (tertiary/aromatic N) is 2. The molecule has 6 heteroatoms. The van der Waals surface area contributed by atoms with Gasteiger partial charge in [0, 0.05) is 32.2 Å². The molecule has 0 saturated carbocycles. The molecule has 2 amide bonds. The molecule has 102 valence electrons. The molecule has 0 spiro atoms. The lowest BCUT2D eigenvalue weighted by molar-refractivity contribution is -0.150. The van der Waals surface area contributed by atoms with E-state index in [0.717, 1.165) is 12.8 Å². The topological polar surface area (TPSA) is 86.9 Å². The molecule has 0 radical (unpaired) electrons. The molecule has 0 aromatic rings. The quantitative estimate of drug-likeness (QED) is 0.706. The van der Waals surface area contributed by atoms with Gasteiger partial charge in [-0.05, 0) is 26.2 Å². The first-order valence-corrected chi connectivity index (χ1v) is 6.45. The highest BCUT2D eigenvalue weighted by molar-refractivity contribution is 5.78. The monoisotopic (exact) mass is 255 g/mol. The number of carbonyl (C=O) groups is 2. The number of urea groups is 1. The van der Waals surface area contributed by atoms with Crippen molar-refractivity contribution in [3.8, 4) is 0 Å². The smallest absolute Gasteiger partial charge is 0.320 e. The molecule has 2 aliphatic heterocycles. The van der Waals surface area contributed by atoms with Crippen molar-refractivity contribution in [1.82, 2.24) is 9.80 Å². The summed E-state index contributed by atoms with van der Waals surface area (Å²) in [4.78, 5) is 26.9. The Bertz CT molecular complexity index is 360. The van der Waals surface area contributed by atoms with Crippen molar-refractivity contribution < 1.29 is 14.7 Å². The fourth-order valence-electron chi connectivity index (χ4n) is 2.74. The third-order valence-corrected chi connectivity index (χ3v) is 3.98. The summed E-state index contributed by atoms with van der Waals surface area (Å²) in [7, 11) is 0. The van der Waals surface area contributed by atoms with E-state index in [2.05, 4.69) is 0 Å². The van der Waals surface area contributed by atoms with E-state index in [4.69, 9.17) is 5.73 Å². The van der Waals surface area contributed by atoms with Crippen LogP contribution in [0.4, 0.5) is 4.79 Å². The Hall–Kier alpha value is -1.30. The fourth-order valence-corrected chi connectivity index (χ4v) is 2.74. The molecule has 3 N–H and O–H groups in total. The third kappa shape index (κ3) is 2.43. The molecule has 2 aliphatic rings. The van der Waals surface area contributed by atoms with Crippen molar-refractivity contribution in [3.05, 3.63) is 0 Å². The van der Waals surface area contributed by atoms with Gasteiger partial charge in [0.2, 0.25) is 0 Å². The molecule has 18 heavy (non-hydrogen) atoms. The summed E-state index contributed by atoms with van der Waals surface area (Å²) in [6, 6.07) is -0.000256. The van der Waals surface area contributed by atoms with Crippen LogP contribution in [0.3, 0.4) is 0 Å². The number of rotatable bonds is 1. The first-order valence-electron chi connectivity index (χ1n) is 6.45. The van der Waals surface area contributed by atoms with Crippen molar-refractivity contribution in [3.63, 3.8) is 0 Å². The van der Waals surface area contributed by atoms with Crippen LogP contribution in [0.15, 0.2) is 0 Å². The Morgan fingerprint density at radius 2 is 2.06 bits per heavy atom. The Kier molecular flexibility index (Phi) is 3.47. The van der Waals surface area contributed by atoms with E-state index in [1.165, 1.54) is 0 Å². The van der Waals surface area contributed by atoms with Crippen LogP contribution in [0.2, 0.25) is 0 Å². The van der Waals surface area contributed by atoms with Crippen molar-refractivity contribution in [2.45, 2.75) is 32.2 Å². The number of hydrogen-bond donors (Lipinski definition) is 2. The van der Waals surface area contributed by atoms with Gasteiger partial charge in [0.1, 0.15) is 0 Å². The highest BCUT2D eigenvalue weighted by Crippen LogP contribution is 2.30. The number of carbonyl (C=O) groups excluding carboxylic acids is 1. The number of carboxylic acid groups (broad SMARTS) is 1. The van der Waals surface area contributed by atoms with Crippen LogP contribution in [0, 0.1) is 5.41 Å². The summed E-state index contributed by atoms with van der Waals surface area (Å²) in [6.45, 7) is 3.92. The van der Waals surface area contributed by atoms with Gasteiger partial charge in [-0.2, -0.15) is 0 Å². The van der Waals surface area contributed by atoms with Gasteiger partial charge in [0.05, 0.1) is 5.41 Å². The van der Waals surface area contributed by atoms with E-state index in [1.54, 1.807) is 16.7 Å². The zero-order valence-electron chi connectivity index (χ0n) is 10.8. The van der Waals surface area contributed by atoms with E-state index in [1.807, 2.05) is 0 Å². The second-order valence-electron chi connectivity index (χ2n) is 5.67. The Labute approximate surface area is 107 Å². The number of likely N-dealkylation sites (tertiary alicyclic amines) is 2. The summed E-state index contributed by atoms with van der Waals surface area (Å²) in [5.74, 6) is -0.821. The van der Waals surface area contributed by atoms with Gasteiger partial charge in [-0.25, -0.2) is 4.79 Å². The van der Waals surface area contributed by atoms with Gasteiger partial charge in [0.25, 0.3) is 0 Å². The number of carboxylic acids is 1. The zero-order chi connectivity index (χ0) is 13.3. The van der Waals surface area contributed by atoms with E-state index < -0.39 is 11.4 Å². The molecule has 0 aromatic carbocycles. The van der Waals surface area contributed by atoms with Crippen LogP contribution in [-0.4, -0.2) is 59.1 Å². The zero-order valence-corrected chi connectivity index (χ0v) is 10.8. The molecular formula is C12H21N3O3. The average Bonchev–Trinajstić information content (AvgIpc) is 2.75. The van der Waals surface area contributed by atoms with Crippen molar-refractivity contribution >= 4 is 12.0 Å². The van der Waals surface area contributed by atoms with Crippen LogP contribution >= 0.6 is 0 Å². The molecule has 0 bridgehead atoms. The SMILES string of the molecule is CC1(C(=O)O)CCCN(C(=O)N2CCC(N)C2)C1. The summed E-state index contributed by atoms with van der Waals surface area (Å²) in [5, 5.41) is 9.23. The normalized spacial score (nSPS) is 32.7. The maximum atomic E-state index is 12.3. The molecule has 2 fully saturated rings. The maximum Gasteiger partial charge on any atom is 0.320 e. The maximum absolute atomic E-state index is 12.3. The van der Waals surface area contributed by atoms with Gasteiger partial charge < -0.3 is 20.6 Å². The van der Waals surface area contributed by atoms with Gasteiger partial charge in [-0.15, -0.1) is 0 Å². The molecule has 0 aromatic heterocycles. The predicted octanol–water partition coefficient (Wildman–Crippen LogP) is 0.326. The summed E-state index contributed by atoms with van der Waals surface area (Å²) in [5.41, 5.74) is 4.98. The summed E-state index contributed by atoms with van der Waals surface area (Å²) in [6.07, 6.45) is 2.20. The van der Waals surface area contributed by atoms with Crippen LogP contribution < -0.4 is 5.73 Å². The van der Waals surface area contributed by atoms with E-state index >= 15 is 0 Å². The number of aliphatic carboxylic acids is 1. The Balaban J connectivity index is 2.00. The minimum Gasteiger partial charge on any atom is -0.481 e. The highest BCUT2D eigenvalue weighted by atomic mass is 16.4. The molecular weight excluding hydrogens is 234 g/mol. The minimum absolute atomic E-state index is 0.0598. The average molecular weight is 255 g/mol. The largest absolute Gasteiger partial charge is 0.481 e. The highest BCUT2D eigenvalue weighted by Gasteiger charge is 2.40. The van der Waals surface area contributed by atoms with E-state index in [9.17, 15) is 14.7 Å². The van der Waals surface area contributed by atoms with Gasteiger partial charge in [-0.3, -0.25) is 4.79 Å². The molecule has 0 aliphatic carbocycles. The standard InChI is InChI=1S/C12H21N3O3/c1-12(10(16)17)4-2-5-15(8-12)11(18)14-6-3-9(13)7-14/h9H,2-8,13H2,1H3,(H,16,17). The Morgan fingerprint density at radius 3 is 2.61 bits per heavy atom. The fraction of sp³-hybridized carbons (Fsp3) is 0.833. The summed E-state index contributed by atoms with van der Waals surface area (Å²) < 4.78 is 0. The molecule has 2 heterocycles. The number of piperidine rings is 1. The molecule has 6 nitrogen and oxygen atoms in total. The lowest BCUT2D eigenvalue weighted by atomic mass is 9.82. The molecule has 2 unspecified atom stereocenters. The summed E-state index contributed by atoms with van der Waals surface area (Å²) >= 11 is 0. The van der Waals surface area contributed by atoms with Crippen molar-refractivity contribution in [2.75, 3.05) is 26.2 Å².